The van der Waals surface area contributed by atoms with E-state index in [1.165, 1.54) is 0 Å². The van der Waals surface area contributed by atoms with Crippen molar-refractivity contribution in [3.63, 3.8) is 0 Å². The molecule has 0 amide bonds. The van der Waals surface area contributed by atoms with Crippen LogP contribution < -0.4 is 0 Å². The average Bonchev–Trinajstić information content (AvgIpc) is 1.00. The van der Waals surface area contributed by atoms with Crippen LogP contribution in [0.25, 0.3) is 0 Å². The molecule has 0 radical (unpaired) electrons. The third-order valence-electron chi connectivity index (χ3n) is 0. The summed E-state index contributed by atoms with van der Waals surface area (Å²) in [4.78, 5) is 0. The molecule has 0 fully saturated rings. The van der Waals surface area contributed by atoms with E-state index in [9.17, 15) is 0 Å². The molecule has 0 bridgehead atoms. The van der Waals surface area contributed by atoms with E-state index in [1.807, 2.05) is 0 Å². The number of hydrogen-bond acceptors (Lipinski definition) is 0. The zero-order valence-electron chi connectivity index (χ0n) is 1.73. The van der Waals surface area contributed by atoms with Crippen LogP contribution in [0.1, 0.15) is 0 Å². The number of rotatable bonds is 0. The fourth-order valence-electron chi connectivity index (χ4n) is 0. The van der Waals surface area contributed by atoms with Gasteiger partial charge in [-0.05, 0) is 0 Å². The molecule has 0 aliphatic rings. The SMILES string of the molecule is P[SeH].[CaH2].[Zn]. The maximum Gasteiger partial charge on any atom is 0 e. The topological polar surface area (TPSA) is 0 Å². The Kier molecular flexibility index (Phi) is 67.2. The second kappa shape index (κ2) is 17.0. The maximum atomic E-state index is 2.35. The summed E-state index contributed by atoms with van der Waals surface area (Å²) in [6, 6.07) is 0. The second-order valence-electron chi connectivity index (χ2n) is 0. The smallest absolute Gasteiger partial charge is 0 e. The molecule has 4 heteroatoms. The van der Waals surface area contributed by atoms with Crippen molar-refractivity contribution >= 4 is 61.2 Å². The molecule has 0 saturated carbocycles. The summed E-state index contributed by atoms with van der Waals surface area (Å²) >= 11 is 2.23. The van der Waals surface area contributed by atoms with Gasteiger partial charge >= 0.3 is 61.2 Å². The van der Waals surface area contributed by atoms with Crippen LogP contribution in [0.2, 0.25) is 0 Å². The van der Waals surface area contributed by atoms with Gasteiger partial charge in [-0.1, -0.05) is 0 Å². The van der Waals surface area contributed by atoms with Gasteiger partial charge in [0, 0.05) is 19.5 Å². The van der Waals surface area contributed by atoms with Crippen LogP contribution in [-0.4, -0.2) is 53.3 Å². The van der Waals surface area contributed by atoms with Crippen molar-refractivity contribution in [2.45, 2.75) is 0 Å². The van der Waals surface area contributed by atoms with Crippen molar-refractivity contribution in [2.75, 3.05) is 0 Å². The summed E-state index contributed by atoms with van der Waals surface area (Å²) in [7, 11) is 2.35. The molecular formula is H5CaPSeZn. The molecule has 0 aromatic carbocycles. The van der Waals surface area contributed by atoms with Gasteiger partial charge in [0.2, 0.25) is 0 Å². The van der Waals surface area contributed by atoms with Crippen molar-refractivity contribution in [3.05, 3.63) is 0 Å². The van der Waals surface area contributed by atoms with Gasteiger partial charge in [0.25, 0.3) is 0 Å². The van der Waals surface area contributed by atoms with E-state index in [0.29, 0.717) is 0 Å². The first-order valence-electron chi connectivity index (χ1n) is 0.258. The summed E-state index contributed by atoms with van der Waals surface area (Å²) in [5.41, 5.74) is 0. The zero-order valence-corrected chi connectivity index (χ0v) is 7.73. The van der Waals surface area contributed by atoms with Crippen molar-refractivity contribution < 1.29 is 19.5 Å². The van der Waals surface area contributed by atoms with Gasteiger partial charge in [-0.25, -0.2) is 0 Å². The monoisotopic (exact) mass is 220 g/mol. The molecule has 0 nitrogen and oxygen atoms in total. The molecule has 20 valence electrons. The molecular weight excluding hydrogens is 215 g/mol. The van der Waals surface area contributed by atoms with Crippen LogP contribution in [0.3, 0.4) is 0 Å². The first kappa shape index (κ1) is 15.8. The van der Waals surface area contributed by atoms with E-state index >= 15 is 0 Å². The van der Waals surface area contributed by atoms with E-state index in [2.05, 4.69) is 23.5 Å². The van der Waals surface area contributed by atoms with Crippen molar-refractivity contribution in [2.24, 2.45) is 0 Å². The molecule has 0 aliphatic carbocycles. The number of hydrogen-bond donors (Lipinski definition) is 0. The van der Waals surface area contributed by atoms with Crippen LogP contribution in [0.5, 0.6) is 0 Å². The van der Waals surface area contributed by atoms with Crippen molar-refractivity contribution in [1.29, 1.82) is 0 Å². The zero-order chi connectivity index (χ0) is 2.00. The molecule has 0 aromatic rings. The maximum absolute atomic E-state index is 2.35. The van der Waals surface area contributed by atoms with Gasteiger partial charge in [-0.3, -0.25) is 0 Å². The summed E-state index contributed by atoms with van der Waals surface area (Å²) < 4.78 is 0. The molecule has 0 spiro atoms. The predicted molar refractivity (Wildman–Crippen MR) is 25.4 cm³/mol. The van der Waals surface area contributed by atoms with Crippen molar-refractivity contribution in [1.82, 2.24) is 0 Å². The molecule has 4 heavy (non-hydrogen) atoms. The van der Waals surface area contributed by atoms with Gasteiger partial charge in [0.1, 0.15) is 0 Å². The van der Waals surface area contributed by atoms with Crippen LogP contribution in [0.4, 0.5) is 0 Å². The Hall–Kier alpha value is 2.83. The Morgan fingerprint density at radius 2 is 1.25 bits per heavy atom. The Bertz CT molecular complexity index is 8.00. The fraction of sp³-hybridized carbons (Fsp3) is 0. The van der Waals surface area contributed by atoms with Crippen LogP contribution in [-0.2, 0) is 19.5 Å². The third-order valence-corrected chi connectivity index (χ3v) is 0. The van der Waals surface area contributed by atoms with Crippen molar-refractivity contribution in [3.8, 4) is 0 Å². The van der Waals surface area contributed by atoms with E-state index < -0.39 is 0 Å². The predicted octanol–water partition coefficient (Wildman–Crippen LogP) is -1.24. The molecule has 0 rings (SSSR count). The van der Waals surface area contributed by atoms with Crippen LogP contribution >= 0.6 is 7.93 Å². The minimum absolute atomic E-state index is 0. The van der Waals surface area contributed by atoms with Crippen LogP contribution in [0, 0.1) is 0 Å². The van der Waals surface area contributed by atoms with E-state index in [4.69, 9.17) is 0 Å². The van der Waals surface area contributed by atoms with Gasteiger partial charge in [0.05, 0.1) is 0 Å². The molecule has 0 heterocycles. The Morgan fingerprint density at radius 1 is 1.25 bits per heavy atom. The first-order valence-corrected chi connectivity index (χ1v) is 4.02. The van der Waals surface area contributed by atoms with Gasteiger partial charge in [0.15, 0.2) is 0 Å². The first-order chi connectivity index (χ1) is 1.00. The van der Waals surface area contributed by atoms with E-state index in [0.717, 1.165) is 0 Å². The summed E-state index contributed by atoms with van der Waals surface area (Å²) in [5.74, 6) is 0. The largest absolute Gasteiger partial charge is 0 e. The Morgan fingerprint density at radius 3 is 1.25 bits per heavy atom. The molecule has 0 aliphatic heterocycles. The normalized spacial score (nSPS) is 1.50. The summed E-state index contributed by atoms with van der Waals surface area (Å²) in [6.45, 7) is 0. The molecule has 0 aromatic heterocycles. The minimum Gasteiger partial charge on any atom is 0 e. The molecule has 0 N–H and O–H groups in total. The van der Waals surface area contributed by atoms with Gasteiger partial charge in [-0.2, -0.15) is 0 Å². The molecule has 1 atom stereocenters. The second-order valence-corrected chi connectivity index (χ2v) is 0. The summed E-state index contributed by atoms with van der Waals surface area (Å²) in [6.07, 6.45) is 0. The van der Waals surface area contributed by atoms with Gasteiger partial charge < -0.3 is 0 Å². The van der Waals surface area contributed by atoms with Gasteiger partial charge in [-0.15, -0.1) is 0 Å². The van der Waals surface area contributed by atoms with E-state index in [-0.39, 0.29) is 57.2 Å². The quantitative estimate of drug-likeness (QED) is 0.354. The minimum atomic E-state index is 0. The summed E-state index contributed by atoms with van der Waals surface area (Å²) in [5, 5.41) is 0. The Balaban J connectivity index is -0.00000000500. The Labute approximate surface area is 79.2 Å². The third kappa shape index (κ3) is 8.85. The fourth-order valence-corrected chi connectivity index (χ4v) is 0. The molecule has 1 unspecified atom stereocenters. The van der Waals surface area contributed by atoms with Crippen LogP contribution in [0.15, 0.2) is 0 Å². The standard InChI is InChI=1S/Ca.H3PSe.Zn.2H/c;1-2;;;/h;2H,1H2;;;. The average molecular weight is 220 g/mol. The molecule has 0 saturated heterocycles. The van der Waals surface area contributed by atoms with E-state index in [1.54, 1.807) is 0 Å².